The number of hydrogen-bond donors (Lipinski definition) is 2. The quantitative estimate of drug-likeness (QED) is 0.905. The van der Waals surface area contributed by atoms with Gasteiger partial charge in [-0.15, -0.1) is 0 Å². The van der Waals surface area contributed by atoms with E-state index >= 15 is 0 Å². The monoisotopic (exact) mass is 277 g/mol. The van der Waals surface area contributed by atoms with E-state index in [2.05, 4.69) is 15.6 Å². The van der Waals surface area contributed by atoms with Crippen molar-refractivity contribution in [3.05, 3.63) is 47.5 Å². The Morgan fingerprint density at radius 2 is 1.95 bits per heavy atom. The van der Waals surface area contributed by atoms with Crippen molar-refractivity contribution in [2.75, 3.05) is 24.3 Å². The first-order chi connectivity index (χ1) is 9.69. The van der Waals surface area contributed by atoms with Gasteiger partial charge in [-0.25, -0.2) is 13.8 Å². The maximum atomic E-state index is 13.8. The van der Waals surface area contributed by atoms with Crippen molar-refractivity contribution in [1.29, 1.82) is 0 Å². The number of rotatable bonds is 3. The summed E-state index contributed by atoms with van der Waals surface area (Å²) < 4.78 is 32.6. The van der Waals surface area contributed by atoms with Gasteiger partial charge in [-0.1, -0.05) is 18.2 Å². The lowest BCUT2D eigenvalue weighted by Crippen LogP contribution is -2.15. The Morgan fingerprint density at radius 3 is 2.75 bits per heavy atom. The number of aromatic nitrogens is 1. The fourth-order valence-electron chi connectivity index (χ4n) is 2.19. The molecule has 104 valence electrons. The van der Waals surface area contributed by atoms with Crippen molar-refractivity contribution in [2.45, 2.75) is 6.04 Å². The first kappa shape index (κ1) is 12.7. The highest BCUT2D eigenvalue weighted by atomic mass is 19.1. The average Bonchev–Trinajstić information content (AvgIpc) is 2.85. The molecule has 1 atom stereocenters. The molecule has 1 aromatic heterocycles. The molecule has 0 amide bonds. The highest BCUT2D eigenvalue weighted by molar-refractivity contribution is 5.51. The van der Waals surface area contributed by atoms with E-state index in [4.69, 9.17) is 4.74 Å². The zero-order chi connectivity index (χ0) is 14.1. The van der Waals surface area contributed by atoms with E-state index in [1.807, 2.05) is 24.3 Å². The van der Waals surface area contributed by atoms with Crippen LogP contribution in [0.5, 0.6) is 5.75 Å². The molecule has 1 aromatic carbocycles. The SMILES string of the molecule is CNc1nc(NC2COc3ccccc32)c(F)cc1F. The highest BCUT2D eigenvalue weighted by Crippen LogP contribution is 2.34. The number of para-hydroxylation sites is 1. The number of nitrogens with zero attached hydrogens (tertiary/aromatic N) is 1. The van der Waals surface area contributed by atoms with Crippen molar-refractivity contribution in [3.8, 4) is 5.75 Å². The van der Waals surface area contributed by atoms with E-state index in [-0.39, 0.29) is 17.7 Å². The van der Waals surface area contributed by atoms with Gasteiger partial charge in [0.05, 0.1) is 6.04 Å². The smallest absolute Gasteiger partial charge is 0.168 e. The molecule has 0 saturated heterocycles. The molecule has 1 unspecified atom stereocenters. The molecule has 1 aliphatic rings. The van der Waals surface area contributed by atoms with Crippen LogP contribution >= 0.6 is 0 Å². The van der Waals surface area contributed by atoms with Crippen LogP contribution in [0.1, 0.15) is 11.6 Å². The molecule has 0 fully saturated rings. The molecule has 3 rings (SSSR count). The van der Waals surface area contributed by atoms with E-state index < -0.39 is 11.6 Å². The molecule has 2 N–H and O–H groups in total. The van der Waals surface area contributed by atoms with E-state index in [1.54, 1.807) is 0 Å². The Balaban J connectivity index is 1.89. The van der Waals surface area contributed by atoms with Crippen molar-refractivity contribution in [2.24, 2.45) is 0 Å². The molecule has 1 aliphatic heterocycles. The molecule has 0 spiro atoms. The van der Waals surface area contributed by atoms with Gasteiger partial charge in [0.15, 0.2) is 23.3 Å². The van der Waals surface area contributed by atoms with Crippen molar-refractivity contribution < 1.29 is 13.5 Å². The summed E-state index contributed by atoms with van der Waals surface area (Å²) >= 11 is 0. The molecule has 20 heavy (non-hydrogen) atoms. The minimum absolute atomic E-state index is 0.000975. The van der Waals surface area contributed by atoms with Gasteiger partial charge >= 0.3 is 0 Å². The largest absolute Gasteiger partial charge is 0.491 e. The fraction of sp³-hybridized carbons (Fsp3) is 0.214. The number of nitrogens with one attached hydrogen (secondary N) is 2. The molecule has 0 saturated carbocycles. The summed E-state index contributed by atoms with van der Waals surface area (Å²) in [6.07, 6.45) is 0. The molecule has 0 bridgehead atoms. The lowest BCUT2D eigenvalue weighted by molar-refractivity contribution is 0.339. The molecule has 2 aromatic rings. The summed E-state index contributed by atoms with van der Waals surface area (Å²) in [5.74, 6) is -0.687. The molecule has 6 heteroatoms. The van der Waals surface area contributed by atoms with Crippen LogP contribution in [0.4, 0.5) is 20.4 Å². The zero-order valence-corrected chi connectivity index (χ0v) is 10.8. The van der Waals surface area contributed by atoms with Gasteiger partial charge in [0.1, 0.15) is 12.4 Å². The molecular formula is C14H13F2N3O. The second-order valence-corrected chi connectivity index (χ2v) is 4.44. The van der Waals surface area contributed by atoms with Crippen LogP contribution in [0, 0.1) is 11.6 Å². The first-order valence-corrected chi connectivity index (χ1v) is 6.21. The van der Waals surface area contributed by atoms with Crippen LogP contribution in [0.2, 0.25) is 0 Å². The van der Waals surface area contributed by atoms with Gasteiger partial charge in [0.2, 0.25) is 0 Å². The van der Waals surface area contributed by atoms with Gasteiger partial charge in [0.25, 0.3) is 0 Å². The second kappa shape index (κ2) is 4.96. The number of hydrogen-bond acceptors (Lipinski definition) is 4. The minimum atomic E-state index is -0.731. The third-order valence-electron chi connectivity index (χ3n) is 3.18. The molecular weight excluding hydrogens is 264 g/mol. The van der Waals surface area contributed by atoms with Crippen LogP contribution in [0.15, 0.2) is 30.3 Å². The number of fused-ring (bicyclic) bond motifs is 1. The third kappa shape index (κ3) is 2.13. The van der Waals surface area contributed by atoms with Gasteiger partial charge in [-0.2, -0.15) is 0 Å². The minimum Gasteiger partial charge on any atom is -0.491 e. The van der Waals surface area contributed by atoms with Gasteiger partial charge in [-0.3, -0.25) is 0 Å². The van der Waals surface area contributed by atoms with E-state index in [0.29, 0.717) is 6.61 Å². The fourth-order valence-corrected chi connectivity index (χ4v) is 2.19. The van der Waals surface area contributed by atoms with E-state index in [0.717, 1.165) is 17.4 Å². The summed E-state index contributed by atoms with van der Waals surface area (Å²) in [4.78, 5) is 3.90. The average molecular weight is 277 g/mol. The summed E-state index contributed by atoms with van der Waals surface area (Å²) in [5.41, 5.74) is 0.934. The normalized spacial score (nSPS) is 16.4. The van der Waals surface area contributed by atoms with Gasteiger partial charge in [-0.05, 0) is 6.07 Å². The predicted molar refractivity (Wildman–Crippen MR) is 72.0 cm³/mol. The molecule has 0 radical (unpaired) electrons. The predicted octanol–water partition coefficient (Wildman–Crippen LogP) is 2.95. The van der Waals surface area contributed by atoms with Crippen LogP contribution in [0.3, 0.4) is 0 Å². The summed E-state index contributed by atoms with van der Waals surface area (Å²) in [6.45, 7) is 0.382. The topological polar surface area (TPSA) is 46.2 Å². The lowest BCUT2D eigenvalue weighted by Gasteiger charge is -2.14. The van der Waals surface area contributed by atoms with Crippen molar-refractivity contribution in [1.82, 2.24) is 4.98 Å². The van der Waals surface area contributed by atoms with E-state index in [9.17, 15) is 8.78 Å². The van der Waals surface area contributed by atoms with Gasteiger partial charge in [0, 0.05) is 18.7 Å². The first-order valence-electron chi connectivity index (χ1n) is 6.21. The van der Waals surface area contributed by atoms with Crippen LogP contribution in [-0.4, -0.2) is 18.6 Å². The number of anilines is 2. The third-order valence-corrected chi connectivity index (χ3v) is 3.18. The maximum Gasteiger partial charge on any atom is 0.168 e. The Morgan fingerprint density at radius 1 is 1.20 bits per heavy atom. The Labute approximate surface area is 114 Å². The van der Waals surface area contributed by atoms with Gasteiger partial charge < -0.3 is 15.4 Å². The van der Waals surface area contributed by atoms with Crippen molar-refractivity contribution >= 4 is 11.6 Å². The summed E-state index contributed by atoms with van der Waals surface area (Å²) in [7, 11) is 1.53. The number of benzene rings is 1. The summed E-state index contributed by atoms with van der Waals surface area (Å²) in [5, 5.41) is 5.53. The second-order valence-electron chi connectivity index (χ2n) is 4.44. The Kier molecular flexibility index (Phi) is 3.14. The van der Waals surface area contributed by atoms with E-state index in [1.165, 1.54) is 7.05 Å². The van der Waals surface area contributed by atoms with Crippen LogP contribution in [0.25, 0.3) is 0 Å². The lowest BCUT2D eigenvalue weighted by atomic mass is 10.1. The molecule has 0 aliphatic carbocycles. The number of ether oxygens (including phenoxy) is 1. The molecule has 4 nitrogen and oxygen atoms in total. The standard InChI is InChI=1S/C14H13F2N3O/c1-17-13-9(15)6-10(16)14(19-13)18-11-7-20-12-5-3-2-4-8(11)12/h2-6,11H,7H2,1H3,(H2,17,18,19). The number of pyridine rings is 1. The Hall–Kier alpha value is -2.37. The van der Waals surface area contributed by atoms with Crippen LogP contribution in [-0.2, 0) is 0 Å². The molecule has 2 heterocycles. The summed E-state index contributed by atoms with van der Waals surface area (Å²) in [6, 6.07) is 8.11. The highest BCUT2D eigenvalue weighted by Gasteiger charge is 2.25. The zero-order valence-electron chi connectivity index (χ0n) is 10.8. The number of halogens is 2. The van der Waals surface area contributed by atoms with Crippen LogP contribution < -0.4 is 15.4 Å². The van der Waals surface area contributed by atoms with Crippen molar-refractivity contribution in [3.63, 3.8) is 0 Å². The maximum absolute atomic E-state index is 13.8. The Bertz CT molecular complexity index is 648.